The zero-order valence-electron chi connectivity index (χ0n) is 34.4. The normalized spacial score (nSPS) is 37.1. The highest BCUT2D eigenvalue weighted by atomic mass is 16.7. The molecule has 19 heteroatoms. The molecule has 0 aromatic rings. The van der Waals surface area contributed by atoms with Crippen molar-refractivity contribution in [2.24, 2.45) is 17.8 Å². The third kappa shape index (κ3) is 12.7. The molecule has 15 atom stereocenters. The van der Waals surface area contributed by atoms with E-state index in [0.717, 1.165) is 39.0 Å². The predicted octanol–water partition coefficient (Wildman–Crippen LogP) is -0.342. The number of aliphatic hydroxyl groups is 6. The fourth-order valence-corrected chi connectivity index (χ4v) is 8.09. The Kier molecular flexibility index (Phi) is 16.9. The Balaban J connectivity index is 1.75. The Morgan fingerprint density at radius 2 is 1.22 bits per heavy atom. The molecule has 2 aliphatic heterocycles. The molecule has 334 valence electrons. The van der Waals surface area contributed by atoms with Crippen LogP contribution in [0, 0.1) is 17.8 Å². The number of hydrogen-bond donors (Lipinski definition) is 8. The van der Waals surface area contributed by atoms with Crippen molar-refractivity contribution in [3.05, 3.63) is 0 Å². The Bertz CT molecular complexity index is 1380. The molecule has 58 heavy (non-hydrogen) atoms. The maximum Gasteiger partial charge on any atom is 0.332 e. The molecule has 8 N–H and O–H groups in total. The van der Waals surface area contributed by atoms with Gasteiger partial charge in [0, 0.05) is 6.92 Å². The van der Waals surface area contributed by atoms with E-state index in [-0.39, 0.29) is 25.2 Å². The fraction of sp³-hybridized carbons (Fsp3) is 0.897. The number of aliphatic carboxylic acids is 1. The van der Waals surface area contributed by atoms with Crippen molar-refractivity contribution in [1.29, 1.82) is 0 Å². The van der Waals surface area contributed by atoms with Gasteiger partial charge in [0.1, 0.15) is 60.0 Å². The van der Waals surface area contributed by atoms with Gasteiger partial charge >= 0.3 is 17.9 Å². The lowest BCUT2D eigenvalue weighted by Crippen LogP contribution is -2.68. The standard InChI is InChI=1S/C39H65NO18/c1-18(43)40-27-32(56-37-31(47)30(46)28(44)25(16-41)55-37)29(45)26(17-42)54-36(27)53-23-15-21(35(51)58-39(5,6)7)20(34(50)57-38(2,3)4)14-22(23)52-24(33(48)49)13-19-11-9-8-10-12-19/h19-32,36-37,41-42,44-47H,8-17H2,1-7H3,(H,40,43)(H,48,49)/t20-,21+,22-,23+,24-,25-,26-,27-,28+,29+,30+,31-,32-,36-,37+/m1/s1. The van der Waals surface area contributed by atoms with Gasteiger partial charge in [-0.15, -0.1) is 0 Å². The van der Waals surface area contributed by atoms with Gasteiger partial charge in [0.15, 0.2) is 18.7 Å². The summed E-state index contributed by atoms with van der Waals surface area (Å²) in [5.41, 5.74) is -1.93. The van der Waals surface area contributed by atoms with Crippen molar-refractivity contribution in [2.45, 2.75) is 191 Å². The molecule has 1 amide bonds. The molecule has 4 fully saturated rings. The molecule has 4 rings (SSSR count). The third-order valence-corrected chi connectivity index (χ3v) is 10.9. The highest BCUT2D eigenvalue weighted by Gasteiger charge is 2.55. The predicted molar refractivity (Wildman–Crippen MR) is 198 cm³/mol. The van der Waals surface area contributed by atoms with E-state index in [9.17, 15) is 54.9 Å². The minimum Gasteiger partial charge on any atom is -0.479 e. The average Bonchev–Trinajstić information content (AvgIpc) is 3.12. The lowest BCUT2D eigenvalue weighted by Gasteiger charge is -2.49. The molecule has 0 radical (unpaired) electrons. The number of carboxylic acids is 1. The summed E-state index contributed by atoms with van der Waals surface area (Å²) in [5, 5.41) is 75.9. The highest BCUT2D eigenvalue weighted by molar-refractivity contribution is 5.83. The molecule has 0 aromatic heterocycles. The molecule has 0 spiro atoms. The second-order valence-electron chi connectivity index (χ2n) is 17.9. The van der Waals surface area contributed by atoms with E-state index < -0.39 is 140 Å². The van der Waals surface area contributed by atoms with Crippen molar-refractivity contribution in [3.63, 3.8) is 0 Å². The number of carbonyl (C=O) groups excluding carboxylic acids is 3. The van der Waals surface area contributed by atoms with Gasteiger partial charge in [0.2, 0.25) is 5.91 Å². The minimum absolute atomic E-state index is 0.0620. The number of rotatable bonds is 14. The van der Waals surface area contributed by atoms with Crippen LogP contribution in [0.1, 0.15) is 99.8 Å². The van der Waals surface area contributed by atoms with E-state index in [1.54, 1.807) is 41.5 Å². The number of ether oxygens (including phenoxy) is 7. The Morgan fingerprint density at radius 1 is 0.707 bits per heavy atom. The lowest BCUT2D eigenvalue weighted by atomic mass is 9.75. The number of aliphatic hydroxyl groups excluding tert-OH is 6. The maximum atomic E-state index is 13.9. The van der Waals surface area contributed by atoms with Crippen LogP contribution in [0.25, 0.3) is 0 Å². The molecule has 0 unspecified atom stereocenters. The molecule has 2 heterocycles. The molecule has 0 aromatic carbocycles. The number of nitrogens with one attached hydrogen (secondary N) is 1. The first-order valence-electron chi connectivity index (χ1n) is 20.2. The molecule has 2 saturated heterocycles. The topological polar surface area (TPSA) is 287 Å². The number of amides is 1. The smallest absolute Gasteiger partial charge is 0.332 e. The molecule has 0 bridgehead atoms. The van der Waals surface area contributed by atoms with Crippen LogP contribution < -0.4 is 5.32 Å². The van der Waals surface area contributed by atoms with Crippen LogP contribution in [0.5, 0.6) is 0 Å². The summed E-state index contributed by atoms with van der Waals surface area (Å²) in [6.45, 7) is 9.50. The van der Waals surface area contributed by atoms with Gasteiger partial charge in [0.25, 0.3) is 0 Å². The monoisotopic (exact) mass is 835 g/mol. The lowest BCUT2D eigenvalue weighted by molar-refractivity contribution is -0.350. The van der Waals surface area contributed by atoms with Crippen LogP contribution in [0.15, 0.2) is 0 Å². The van der Waals surface area contributed by atoms with E-state index in [1.165, 1.54) is 0 Å². The average molecular weight is 836 g/mol. The van der Waals surface area contributed by atoms with Crippen molar-refractivity contribution in [3.8, 4) is 0 Å². The first-order chi connectivity index (χ1) is 27.0. The van der Waals surface area contributed by atoms with Gasteiger partial charge in [-0.3, -0.25) is 14.4 Å². The quantitative estimate of drug-likeness (QED) is 0.104. The SMILES string of the molecule is CC(=O)N[C@H]1[C@H](O[C@H]2C[C@H](C(=O)OC(C)(C)C)[C@H](C(=O)OC(C)(C)C)C[C@H]2O[C@H](CC2CCCCC2)C(=O)O)O[C@H](CO)[C@H](O)[C@@H]1O[C@@H]1O[C@H](CO)[C@H](O)[C@H](O)[C@H]1O. The van der Waals surface area contributed by atoms with Crippen molar-refractivity contribution in [2.75, 3.05) is 13.2 Å². The summed E-state index contributed by atoms with van der Waals surface area (Å²) in [6, 6.07) is -1.48. The second-order valence-corrected chi connectivity index (χ2v) is 17.9. The molecule has 4 aliphatic rings. The second kappa shape index (κ2) is 20.3. The number of esters is 2. The van der Waals surface area contributed by atoms with Gasteiger partial charge < -0.3 is 74.2 Å². The zero-order valence-corrected chi connectivity index (χ0v) is 34.4. The van der Waals surface area contributed by atoms with Crippen LogP contribution in [0.3, 0.4) is 0 Å². The molecular weight excluding hydrogens is 770 g/mol. The number of carbonyl (C=O) groups is 4. The highest BCUT2D eigenvalue weighted by Crippen LogP contribution is 2.40. The van der Waals surface area contributed by atoms with Gasteiger partial charge in [-0.2, -0.15) is 0 Å². The van der Waals surface area contributed by atoms with Crippen molar-refractivity contribution in [1.82, 2.24) is 5.32 Å². The third-order valence-electron chi connectivity index (χ3n) is 10.9. The Labute approximate surface area is 338 Å². The van der Waals surface area contributed by atoms with Gasteiger partial charge in [0.05, 0.1) is 37.3 Å². The van der Waals surface area contributed by atoms with Gasteiger partial charge in [-0.25, -0.2) is 4.79 Å². The summed E-state index contributed by atoms with van der Waals surface area (Å²) in [7, 11) is 0. The first kappa shape index (κ1) is 48.1. The molecule has 2 aliphatic carbocycles. The molecule has 2 saturated carbocycles. The Morgan fingerprint density at radius 3 is 1.72 bits per heavy atom. The fourth-order valence-electron chi connectivity index (χ4n) is 8.09. The van der Waals surface area contributed by atoms with Crippen LogP contribution in [0.4, 0.5) is 0 Å². The maximum absolute atomic E-state index is 13.9. The zero-order chi connectivity index (χ0) is 43.3. The Hall–Kier alpha value is -2.56. The van der Waals surface area contributed by atoms with E-state index in [4.69, 9.17) is 33.2 Å². The van der Waals surface area contributed by atoms with Crippen molar-refractivity contribution >= 4 is 23.8 Å². The van der Waals surface area contributed by atoms with E-state index in [2.05, 4.69) is 5.32 Å². The number of carboxylic acid groups (broad SMARTS) is 1. The van der Waals surface area contributed by atoms with Gasteiger partial charge in [-0.1, -0.05) is 32.1 Å². The summed E-state index contributed by atoms with van der Waals surface area (Å²) in [6.07, 6.45) is -14.8. The van der Waals surface area contributed by atoms with Crippen LogP contribution in [0.2, 0.25) is 0 Å². The van der Waals surface area contributed by atoms with Crippen molar-refractivity contribution < 1.29 is 88.1 Å². The largest absolute Gasteiger partial charge is 0.479 e. The van der Waals surface area contributed by atoms with E-state index in [1.807, 2.05) is 0 Å². The van der Waals surface area contributed by atoms with Crippen LogP contribution >= 0.6 is 0 Å². The van der Waals surface area contributed by atoms with E-state index >= 15 is 0 Å². The van der Waals surface area contributed by atoms with E-state index in [0.29, 0.717) is 0 Å². The van der Waals surface area contributed by atoms with Crippen LogP contribution in [-0.2, 0) is 52.3 Å². The number of hydrogen-bond acceptors (Lipinski definition) is 17. The summed E-state index contributed by atoms with van der Waals surface area (Å²) in [5.74, 6) is -5.73. The van der Waals surface area contributed by atoms with Gasteiger partial charge in [-0.05, 0) is 66.7 Å². The molecular formula is C39H65NO18. The summed E-state index contributed by atoms with van der Waals surface area (Å²) in [4.78, 5) is 53.2. The summed E-state index contributed by atoms with van der Waals surface area (Å²) < 4.78 is 41.8. The molecule has 19 nitrogen and oxygen atoms in total. The minimum atomic E-state index is -1.91. The first-order valence-corrected chi connectivity index (χ1v) is 20.2. The van der Waals surface area contributed by atoms with Crippen LogP contribution in [-0.4, -0.2) is 164 Å². The summed E-state index contributed by atoms with van der Waals surface area (Å²) >= 11 is 0.